The van der Waals surface area contributed by atoms with Crippen LogP contribution >= 0.6 is 0 Å². The van der Waals surface area contributed by atoms with Gasteiger partial charge >= 0.3 is 12.1 Å². The van der Waals surface area contributed by atoms with Gasteiger partial charge in [-0.25, -0.2) is 4.79 Å². The largest absolute Gasteiger partial charge is 0.480 e. The van der Waals surface area contributed by atoms with Crippen molar-refractivity contribution in [3.05, 3.63) is 35.9 Å². The summed E-state index contributed by atoms with van der Waals surface area (Å²) < 4.78 is 36.7. The van der Waals surface area contributed by atoms with Crippen molar-refractivity contribution in [1.82, 2.24) is 5.32 Å². The molecule has 0 radical (unpaired) electrons. The molecule has 0 saturated carbocycles. The van der Waals surface area contributed by atoms with Crippen LogP contribution in [0.5, 0.6) is 0 Å². The number of rotatable bonds is 5. The summed E-state index contributed by atoms with van der Waals surface area (Å²) in [4.78, 5) is 11.3. The second-order valence-corrected chi connectivity index (χ2v) is 3.90. The van der Waals surface area contributed by atoms with E-state index < -0.39 is 24.2 Å². The molecule has 1 atom stereocenters. The molecule has 0 heterocycles. The van der Waals surface area contributed by atoms with Crippen molar-refractivity contribution >= 4 is 5.97 Å². The van der Waals surface area contributed by atoms with Gasteiger partial charge in [-0.05, 0) is 12.0 Å². The Bertz CT molecular complexity index is 406. The molecular weight excluding hydrogens is 247 g/mol. The average Bonchev–Trinajstić information content (AvgIpc) is 2.30. The summed E-state index contributed by atoms with van der Waals surface area (Å²) in [7, 11) is 0. The number of aliphatic carboxylic acids is 1. The van der Waals surface area contributed by atoms with Gasteiger partial charge in [0, 0.05) is 0 Å². The fourth-order valence-electron chi connectivity index (χ4n) is 1.76. The van der Waals surface area contributed by atoms with E-state index in [2.05, 4.69) is 5.32 Å². The van der Waals surface area contributed by atoms with Crippen molar-refractivity contribution in [3.8, 4) is 0 Å². The first-order valence-corrected chi connectivity index (χ1v) is 5.42. The van der Waals surface area contributed by atoms with Gasteiger partial charge in [0.1, 0.15) is 5.54 Å². The minimum Gasteiger partial charge on any atom is -0.480 e. The van der Waals surface area contributed by atoms with Crippen LogP contribution in [0.3, 0.4) is 0 Å². The first kappa shape index (κ1) is 14.5. The Morgan fingerprint density at radius 1 is 1.28 bits per heavy atom. The molecular formula is C12H14F3NO2. The average molecular weight is 261 g/mol. The molecule has 100 valence electrons. The maximum atomic E-state index is 12.2. The highest BCUT2D eigenvalue weighted by Crippen LogP contribution is 2.27. The molecule has 2 N–H and O–H groups in total. The summed E-state index contributed by atoms with van der Waals surface area (Å²) in [6.45, 7) is 0.187. The molecule has 0 amide bonds. The van der Waals surface area contributed by atoms with Gasteiger partial charge in [-0.2, -0.15) is 13.2 Å². The number of hydrogen-bond donors (Lipinski definition) is 2. The molecule has 0 aromatic heterocycles. The molecule has 6 heteroatoms. The van der Waals surface area contributed by atoms with Gasteiger partial charge in [0.05, 0.1) is 6.54 Å². The highest BCUT2D eigenvalue weighted by Gasteiger charge is 2.41. The Labute approximate surface area is 103 Å². The minimum atomic E-state index is -4.45. The topological polar surface area (TPSA) is 49.3 Å². The van der Waals surface area contributed by atoms with Crippen molar-refractivity contribution in [2.75, 3.05) is 6.54 Å². The van der Waals surface area contributed by atoms with E-state index in [0.29, 0.717) is 5.56 Å². The van der Waals surface area contributed by atoms with Gasteiger partial charge in [-0.15, -0.1) is 0 Å². The molecule has 1 unspecified atom stereocenters. The smallest absolute Gasteiger partial charge is 0.401 e. The Hall–Kier alpha value is -1.56. The van der Waals surface area contributed by atoms with Crippen molar-refractivity contribution in [2.24, 2.45) is 0 Å². The molecule has 0 fully saturated rings. The zero-order chi connectivity index (χ0) is 13.8. The van der Waals surface area contributed by atoms with Crippen molar-refractivity contribution < 1.29 is 23.1 Å². The van der Waals surface area contributed by atoms with Crippen LogP contribution in [0.15, 0.2) is 30.3 Å². The maximum Gasteiger partial charge on any atom is 0.401 e. The summed E-state index contributed by atoms with van der Waals surface area (Å²) in [6, 6.07) is 7.87. The molecule has 0 spiro atoms. The second-order valence-electron chi connectivity index (χ2n) is 3.90. The van der Waals surface area contributed by atoms with Crippen LogP contribution in [-0.2, 0) is 10.3 Å². The number of carboxylic acids is 1. The van der Waals surface area contributed by atoms with Crippen LogP contribution in [0, 0.1) is 0 Å². The van der Waals surface area contributed by atoms with Crippen molar-refractivity contribution in [3.63, 3.8) is 0 Å². The lowest BCUT2D eigenvalue weighted by molar-refractivity contribution is -0.151. The van der Waals surface area contributed by atoms with E-state index in [0.717, 1.165) is 0 Å². The molecule has 1 rings (SSSR count). The molecule has 3 nitrogen and oxygen atoms in total. The summed E-state index contributed by atoms with van der Waals surface area (Å²) in [5.74, 6) is -1.32. The van der Waals surface area contributed by atoms with Crippen LogP contribution in [0.2, 0.25) is 0 Å². The zero-order valence-electron chi connectivity index (χ0n) is 9.79. The van der Waals surface area contributed by atoms with Crippen molar-refractivity contribution in [2.45, 2.75) is 25.1 Å². The van der Waals surface area contributed by atoms with E-state index >= 15 is 0 Å². The quantitative estimate of drug-likeness (QED) is 0.856. The van der Waals surface area contributed by atoms with Crippen LogP contribution < -0.4 is 5.32 Å². The summed E-state index contributed by atoms with van der Waals surface area (Å²) in [6.07, 6.45) is -4.44. The van der Waals surface area contributed by atoms with Gasteiger partial charge in [0.25, 0.3) is 0 Å². The van der Waals surface area contributed by atoms with E-state index in [4.69, 9.17) is 0 Å². The molecule has 0 aliphatic rings. The first-order chi connectivity index (χ1) is 8.32. The van der Waals surface area contributed by atoms with E-state index in [-0.39, 0.29) is 6.42 Å². The lowest BCUT2D eigenvalue weighted by atomic mass is 9.87. The van der Waals surface area contributed by atoms with Gasteiger partial charge in [-0.1, -0.05) is 37.3 Å². The number of carboxylic acid groups (broad SMARTS) is 1. The number of benzene rings is 1. The Kier molecular flexibility index (Phi) is 4.34. The van der Waals surface area contributed by atoms with Gasteiger partial charge in [0.2, 0.25) is 0 Å². The fraction of sp³-hybridized carbons (Fsp3) is 0.417. The van der Waals surface area contributed by atoms with Crippen LogP contribution in [0.1, 0.15) is 18.9 Å². The number of alkyl halides is 3. The number of hydrogen-bond acceptors (Lipinski definition) is 2. The molecule has 1 aromatic rings. The highest BCUT2D eigenvalue weighted by atomic mass is 19.4. The summed E-state index contributed by atoms with van der Waals surface area (Å²) >= 11 is 0. The molecule has 0 aliphatic heterocycles. The zero-order valence-corrected chi connectivity index (χ0v) is 9.79. The number of halogens is 3. The molecule has 1 aromatic carbocycles. The standard InChI is InChI=1S/C12H14F3NO2/c1-2-11(10(17)18,16-8-12(13,14)15)9-6-4-3-5-7-9/h3-7,16H,2,8H2,1H3,(H,17,18). The van der Waals surface area contributed by atoms with E-state index in [1.807, 2.05) is 0 Å². The lowest BCUT2D eigenvalue weighted by Crippen LogP contribution is -2.51. The second kappa shape index (κ2) is 5.39. The fourth-order valence-corrected chi connectivity index (χ4v) is 1.76. The summed E-state index contributed by atoms with van der Waals surface area (Å²) in [5.41, 5.74) is -1.40. The van der Waals surface area contributed by atoms with Crippen LogP contribution in [0.4, 0.5) is 13.2 Å². The van der Waals surface area contributed by atoms with E-state index in [1.165, 1.54) is 19.1 Å². The third kappa shape index (κ3) is 3.22. The predicted octanol–water partition coefficient (Wildman–Crippen LogP) is 2.53. The van der Waals surface area contributed by atoms with Crippen LogP contribution in [0.25, 0.3) is 0 Å². The molecule has 0 aliphatic carbocycles. The van der Waals surface area contributed by atoms with Crippen molar-refractivity contribution in [1.29, 1.82) is 0 Å². The third-order valence-electron chi connectivity index (χ3n) is 2.75. The Balaban J connectivity index is 3.07. The lowest BCUT2D eigenvalue weighted by Gasteiger charge is -2.30. The Morgan fingerprint density at radius 3 is 2.22 bits per heavy atom. The van der Waals surface area contributed by atoms with Gasteiger partial charge < -0.3 is 5.11 Å². The normalized spacial score (nSPS) is 15.1. The van der Waals surface area contributed by atoms with E-state index in [1.54, 1.807) is 18.2 Å². The minimum absolute atomic E-state index is 0.0163. The molecule has 0 bridgehead atoms. The predicted molar refractivity (Wildman–Crippen MR) is 60.1 cm³/mol. The number of nitrogens with one attached hydrogen (secondary N) is 1. The van der Waals surface area contributed by atoms with Gasteiger partial charge in [0.15, 0.2) is 0 Å². The highest BCUT2D eigenvalue weighted by molar-refractivity contribution is 5.80. The first-order valence-electron chi connectivity index (χ1n) is 5.42. The van der Waals surface area contributed by atoms with Gasteiger partial charge in [-0.3, -0.25) is 5.32 Å². The third-order valence-corrected chi connectivity index (χ3v) is 2.75. The maximum absolute atomic E-state index is 12.2. The number of carbonyl (C=O) groups is 1. The molecule has 0 saturated heterocycles. The monoisotopic (exact) mass is 261 g/mol. The van der Waals surface area contributed by atoms with E-state index in [9.17, 15) is 23.1 Å². The SMILES string of the molecule is CCC(NCC(F)(F)F)(C(=O)O)c1ccccc1. The Morgan fingerprint density at radius 2 is 1.83 bits per heavy atom. The van der Waals surface area contributed by atoms with Crippen LogP contribution in [-0.4, -0.2) is 23.8 Å². The summed E-state index contributed by atoms with van der Waals surface area (Å²) in [5, 5.41) is 11.4. The molecule has 18 heavy (non-hydrogen) atoms.